The van der Waals surface area contributed by atoms with Crippen molar-refractivity contribution >= 4 is 48.9 Å². The van der Waals surface area contributed by atoms with Gasteiger partial charge in [0.1, 0.15) is 0 Å². The fourth-order valence-corrected chi connectivity index (χ4v) is 0. The molecule has 30 valence electrons. The largest absolute Gasteiger partial charge is 0.412 e. The Hall–Kier alpha value is 4.49. The quantitative estimate of drug-likeness (QED) is 0.409. The van der Waals surface area contributed by atoms with Crippen molar-refractivity contribution in [3.05, 3.63) is 0 Å². The Labute approximate surface area is 140 Å². The molecule has 0 aliphatic rings. The van der Waals surface area contributed by atoms with E-state index in [9.17, 15) is 0 Å². The van der Waals surface area contributed by atoms with Gasteiger partial charge in [-0.15, -0.1) is 0 Å². The van der Waals surface area contributed by atoms with E-state index in [1.807, 2.05) is 0 Å². The Morgan fingerprint density at radius 2 is 1.00 bits per heavy atom. The summed E-state index contributed by atoms with van der Waals surface area (Å²) in [5.74, 6) is 0. The first-order valence-electron chi connectivity index (χ1n) is 0. The van der Waals surface area contributed by atoms with Crippen LogP contribution in [0.3, 0.4) is 0 Å². The number of rotatable bonds is 0. The van der Waals surface area contributed by atoms with Gasteiger partial charge in [-0.2, -0.15) is 0 Å². The van der Waals surface area contributed by atoms with Crippen molar-refractivity contribution in [3.8, 4) is 0 Å². The van der Waals surface area contributed by atoms with Crippen LogP contribution in [0.25, 0.3) is 0 Å². The predicted molar refractivity (Wildman–Crippen MR) is 9.37 cm³/mol. The normalized spacial score (nSPS) is 0. The Bertz CT molecular complexity index is 11.6. The van der Waals surface area contributed by atoms with Gasteiger partial charge in [0.25, 0.3) is 0 Å². The molecule has 0 saturated heterocycles. The van der Waals surface area contributed by atoms with Crippen LogP contribution in [0.2, 0.25) is 0 Å². The van der Waals surface area contributed by atoms with Crippen molar-refractivity contribution in [3.63, 3.8) is 0 Å². The molecule has 0 aromatic carbocycles. The maximum atomic E-state index is 0. The molecule has 0 aliphatic carbocycles. The zero-order valence-electron chi connectivity index (χ0n) is 2.49. The molecule has 4 radical (unpaired) electrons. The summed E-state index contributed by atoms with van der Waals surface area (Å²) in [6.07, 6.45) is 0. The van der Waals surface area contributed by atoms with Crippen LogP contribution in [-0.2, 0) is 49.8 Å². The van der Waals surface area contributed by atoms with Crippen LogP contribution >= 0.6 is 0 Å². The van der Waals surface area contributed by atoms with Gasteiger partial charge in [-0.1, -0.05) is 0 Å². The van der Waals surface area contributed by atoms with Crippen LogP contribution in [0, 0.1) is 40.4 Å². The van der Waals surface area contributed by atoms with E-state index < -0.39 is 0 Å². The molecule has 0 aromatic heterocycles. The minimum atomic E-state index is 0. The van der Waals surface area contributed by atoms with Crippen LogP contribution in [0.4, 0.5) is 0 Å². The standard InChI is InChI=1S/Ba.Cu.H2O.Sm.Y/h;;1H2;;. The fourth-order valence-electron chi connectivity index (χ4n) is 0. The second kappa shape index (κ2) is 23.6. The first-order chi connectivity index (χ1) is 0. The summed E-state index contributed by atoms with van der Waals surface area (Å²) < 4.78 is 0. The third kappa shape index (κ3) is 17.7. The van der Waals surface area contributed by atoms with E-state index in [1.54, 1.807) is 0 Å². The van der Waals surface area contributed by atoms with Gasteiger partial charge in [0.05, 0.1) is 0 Å². The molecule has 0 rings (SSSR count). The molecule has 5 heteroatoms. The van der Waals surface area contributed by atoms with Crippen LogP contribution in [0.15, 0.2) is 0 Å². The molecule has 0 saturated carbocycles. The molecule has 0 aliphatic heterocycles. The molecule has 0 bridgehead atoms. The molecule has 0 heterocycles. The van der Waals surface area contributed by atoms with Gasteiger partial charge in [0.15, 0.2) is 0 Å². The van der Waals surface area contributed by atoms with Crippen molar-refractivity contribution in [2.45, 2.75) is 0 Å². The Morgan fingerprint density at radius 3 is 1.00 bits per heavy atom. The van der Waals surface area contributed by atoms with Gasteiger partial charge < -0.3 is 5.48 Å². The molecule has 0 fully saturated rings. The topological polar surface area (TPSA) is 31.5 Å². The first-order valence-corrected chi connectivity index (χ1v) is 0. The molecular weight excluding hydrogens is 456 g/mol. The van der Waals surface area contributed by atoms with E-state index in [2.05, 4.69) is 0 Å². The average Bonchev–Trinajstić information content (AvgIpc) is 0. The van der Waals surface area contributed by atoms with Crippen molar-refractivity contribution in [1.29, 1.82) is 0 Å². The van der Waals surface area contributed by atoms with Gasteiger partial charge in [-0.3, -0.25) is 0 Å². The molecular formula is H2BaCuOSmY. The third-order valence-corrected chi connectivity index (χ3v) is 0. The summed E-state index contributed by atoms with van der Waals surface area (Å²) in [6.45, 7) is 0. The fraction of sp³-hybridized carbons (Fsp3) is 0. The number of hydrogen-bond acceptors (Lipinski definition) is 0. The van der Waals surface area contributed by atoms with E-state index in [4.69, 9.17) is 0 Å². The van der Waals surface area contributed by atoms with Crippen molar-refractivity contribution < 1.29 is 95.6 Å². The zero-order chi connectivity index (χ0) is 0. The Balaban J connectivity index is 0. The Morgan fingerprint density at radius 1 is 1.00 bits per heavy atom. The van der Waals surface area contributed by atoms with Gasteiger partial charge in [-0.25, -0.2) is 0 Å². The van der Waals surface area contributed by atoms with Crippen molar-refractivity contribution in [1.82, 2.24) is 0 Å². The van der Waals surface area contributed by atoms with Crippen molar-refractivity contribution in [2.75, 3.05) is 0 Å². The minimum absolute atomic E-state index is 0. The maximum absolute atomic E-state index is 0. The van der Waals surface area contributed by atoms with Crippen LogP contribution < -0.4 is 0 Å². The van der Waals surface area contributed by atoms with Crippen LogP contribution in [0.1, 0.15) is 0 Å². The molecule has 0 spiro atoms. The second-order valence-electron chi connectivity index (χ2n) is 0. The van der Waals surface area contributed by atoms with E-state index >= 15 is 0 Å². The average molecular weight is 458 g/mol. The predicted octanol–water partition coefficient (Wildman–Crippen LogP) is -1.21. The summed E-state index contributed by atoms with van der Waals surface area (Å²) in [6, 6.07) is 0. The van der Waals surface area contributed by atoms with Gasteiger partial charge >= 0.3 is 0 Å². The van der Waals surface area contributed by atoms with E-state index in [0.29, 0.717) is 0 Å². The van der Waals surface area contributed by atoms with Crippen LogP contribution in [-0.4, -0.2) is 54.4 Å². The smallest absolute Gasteiger partial charge is 0 e. The third-order valence-electron chi connectivity index (χ3n) is 0. The maximum Gasteiger partial charge on any atom is 0 e. The summed E-state index contributed by atoms with van der Waals surface area (Å²) in [5.41, 5.74) is 0. The first kappa shape index (κ1) is 33.9. The summed E-state index contributed by atoms with van der Waals surface area (Å²) in [5, 5.41) is 0. The van der Waals surface area contributed by atoms with Gasteiger partial charge in [0, 0.05) is 139 Å². The SMILES string of the molecule is O.[Ba].[Cu].[Sm].[Y]. The Kier molecular flexibility index (Phi) is 160. The zero-order valence-corrected chi connectivity index (χ0v) is 13.3. The van der Waals surface area contributed by atoms with E-state index in [1.165, 1.54) is 0 Å². The molecule has 1 nitrogen and oxygen atoms in total. The van der Waals surface area contributed by atoms with Crippen LogP contribution in [0.5, 0.6) is 0 Å². The van der Waals surface area contributed by atoms with Gasteiger partial charge in [0.2, 0.25) is 0 Å². The molecule has 5 heavy (non-hydrogen) atoms. The minimum Gasteiger partial charge on any atom is -0.412 e. The van der Waals surface area contributed by atoms with Gasteiger partial charge in [-0.05, 0) is 0 Å². The van der Waals surface area contributed by atoms with Crippen molar-refractivity contribution in [2.24, 2.45) is 0 Å². The summed E-state index contributed by atoms with van der Waals surface area (Å²) in [7, 11) is 0. The van der Waals surface area contributed by atoms with E-state index in [0.717, 1.165) is 0 Å². The summed E-state index contributed by atoms with van der Waals surface area (Å²) >= 11 is 0. The van der Waals surface area contributed by atoms with E-state index in [-0.39, 0.29) is 145 Å². The molecule has 0 aromatic rings. The monoisotopic (exact) mass is 460 g/mol. The molecule has 0 atom stereocenters. The molecule has 2 N–H and O–H groups in total. The molecule has 0 unspecified atom stereocenters. The number of hydrogen-bond donors (Lipinski definition) is 0. The second-order valence-corrected chi connectivity index (χ2v) is 0. The summed E-state index contributed by atoms with van der Waals surface area (Å²) in [4.78, 5) is 0. The molecule has 0 amide bonds.